The number of nitrogens with zero attached hydrogens (tertiary/aromatic N) is 1. The quantitative estimate of drug-likeness (QED) is 0.441. The van der Waals surface area contributed by atoms with Crippen molar-refractivity contribution in [2.24, 2.45) is 33.6 Å². The number of aliphatic imine (C=N–C) groups is 1. The van der Waals surface area contributed by atoms with Crippen LogP contribution in [0, 0.1) is 28.6 Å². The molecule has 8 atom stereocenters. The van der Waals surface area contributed by atoms with Crippen molar-refractivity contribution in [1.82, 2.24) is 0 Å². The van der Waals surface area contributed by atoms with Crippen LogP contribution in [0.4, 0.5) is 0 Å². The Morgan fingerprint density at radius 2 is 2.12 bits per heavy atom. The first-order valence-corrected chi connectivity index (χ1v) is 9.26. The van der Waals surface area contributed by atoms with Gasteiger partial charge in [0.2, 0.25) is 12.1 Å². The number of carbonyl (C=O) groups excluding carboxylic acids is 1. The van der Waals surface area contributed by atoms with Gasteiger partial charge in [0.05, 0.1) is 0 Å². The molecule has 5 unspecified atom stereocenters. The smallest absolute Gasteiger partial charge is 0.294 e. The molecular weight excluding hydrogens is 326 g/mol. The highest BCUT2D eigenvalue weighted by Crippen LogP contribution is 2.79. The molecule has 2 spiro atoms. The molecule has 0 aromatic carbocycles. The van der Waals surface area contributed by atoms with Crippen LogP contribution in [-0.4, -0.2) is 37.3 Å². The summed E-state index contributed by atoms with van der Waals surface area (Å²) in [6.07, 6.45) is 3.70. The summed E-state index contributed by atoms with van der Waals surface area (Å²) in [5.41, 5.74) is -0.0304. The summed E-state index contributed by atoms with van der Waals surface area (Å²) in [4.78, 5) is 26.7. The second kappa shape index (κ2) is 4.96. The molecule has 3 heterocycles. The van der Waals surface area contributed by atoms with E-state index in [1.165, 1.54) is 6.42 Å². The van der Waals surface area contributed by atoms with E-state index in [9.17, 15) is 4.79 Å². The summed E-state index contributed by atoms with van der Waals surface area (Å²) in [6, 6.07) is 0. The molecule has 3 saturated heterocycles. The highest BCUT2D eigenvalue weighted by molar-refractivity contribution is 5.81. The molecule has 0 radical (unpaired) electrons. The first-order valence-electron chi connectivity index (χ1n) is 9.26. The zero-order valence-electron chi connectivity index (χ0n) is 14.9. The number of hydrogen-bond donors (Lipinski definition) is 0. The highest BCUT2D eigenvalue weighted by atomic mass is 17.2. The number of ether oxygens (including phenoxy) is 3. The third kappa shape index (κ3) is 1.72. The molecule has 3 aliphatic heterocycles. The van der Waals surface area contributed by atoms with Gasteiger partial charge in [-0.1, -0.05) is 13.8 Å². The predicted octanol–water partition coefficient (Wildman–Crippen LogP) is 2.40. The minimum absolute atomic E-state index is 0.0303. The summed E-state index contributed by atoms with van der Waals surface area (Å²) in [7, 11) is 0. The van der Waals surface area contributed by atoms with E-state index in [2.05, 4.69) is 18.8 Å². The molecule has 3 bridgehead atoms. The minimum atomic E-state index is -0.791. The zero-order chi connectivity index (χ0) is 17.4. The van der Waals surface area contributed by atoms with Crippen LogP contribution in [0.3, 0.4) is 0 Å². The molecule has 6 aliphatic rings. The van der Waals surface area contributed by atoms with Crippen LogP contribution < -0.4 is 0 Å². The average Bonchev–Trinajstić information content (AvgIpc) is 2.77. The lowest BCUT2D eigenvalue weighted by Crippen LogP contribution is -2.81. The molecule has 6 rings (SSSR count). The van der Waals surface area contributed by atoms with E-state index in [0.29, 0.717) is 24.2 Å². The fraction of sp³-hybridized carbons (Fsp3) is 0.889. The highest BCUT2D eigenvalue weighted by Gasteiger charge is 2.83. The molecule has 25 heavy (non-hydrogen) atoms. The van der Waals surface area contributed by atoms with Crippen LogP contribution in [0.5, 0.6) is 0 Å². The molecule has 7 nitrogen and oxygen atoms in total. The molecule has 7 heteroatoms. The van der Waals surface area contributed by atoms with Crippen LogP contribution in [0.2, 0.25) is 0 Å². The molecule has 0 N–H and O–H groups in total. The fourth-order valence-electron chi connectivity index (χ4n) is 6.63. The van der Waals surface area contributed by atoms with Crippen LogP contribution in [-0.2, 0) is 28.8 Å². The number of fused-ring (bicyclic) bond motifs is 4. The number of rotatable bonds is 3. The van der Waals surface area contributed by atoms with Crippen LogP contribution in [0.1, 0.15) is 46.5 Å². The van der Waals surface area contributed by atoms with Gasteiger partial charge in [0.25, 0.3) is 6.47 Å². The number of hydrogen-bond acceptors (Lipinski definition) is 7. The summed E-state index contributed by atoms with van der Waals surface area (Å²) in [5.74, 6) is 0.726. The Kier molecular flexibility index (Phi) is 3.18. The first-order chi connectivity index (χ1) is 12.0. The van der Waals surface area contributed by atoms with Gasteiger partial charge in [-0.2, -0.15) is 0 Å². The van der Waals surface area contributed by atoms with E-state index >= 15 is 0 Å². The average molecular weight is 351 g/mol. The van der Waals surface area contributed by atoms with Gasteiger partial charge in [0, 0.05) is 29.1 Å². The Morgan fingerprint density at radius 3 is 2.92 bits per heavy atom. The van der Waals surface area contributed by atoms with Gasteiger partial charge < -0.3 is 14.2 Å². The van der Waals surface area contributed by atoms with Crippen molar-refractivity contribution < 1.29 is 28.8 Å². The SMILES string of the molecule is C[C@@H]1CCC23C4OO[C@@]5(C)CCC41C2C(OC(=NCOC=O)[C@@H]3C)O5. The van der Waals surface area contributed by atoms with E-state index in [1.54, 1.807) is 0 Å². The lowest BCUT2D eigenvalue weighted by atomic mass is 9.31. The zero-order valence-corrected chi connectivity index (χ0v) is 14.9. The summed E-state index contributed by atoms with van der Waals surface area (Å²) < 4.78 is 17.3. The van der Waals surface area contributed by atoms with Crippen molar-refractivity contribution in [2.45, 2.75) is 64.6 Å². The van der Waals surface area contributed by atoms with E-state index in [0.717, 1.165) is 19.3 Å². The van der Waals surface area contributed by atoms with Gasteiger partial charge in [-0.05, 0) is 32.1 Å². The van der Waals surface area contributed by atoms with Gasteiger partial charge in [-0.3, -0.25) is 4.79 Å². The Balaban J connectivity index is 1.60. The van der Waals surface area contributed by atoms with Crippen LogP contribution in [0.25, 0.3) is 0 Å². The molecule has 138 valence electrons. The maximum Gasteiger partial charge on any atom is 0.294 e. The van der Waals surface area contributed by atoms with Crippen molar-refractivity contribution >= 4 is 12.4 Å². The molecule has 0 aromatic rings. The Labute approximate surface area is 146 Å². The van der Waals surface area contributed by atoms with Crippen molar-refractivity contribution in [2.75, 3.05) is 6.73 Å². The van der Waals surface area contributed by atoms with Gasteiger partial charge in [-0.15, -0.1) is 0 Å². The lowest BCUT2D eigenvalue weighted by molar-refractivity contribution is -0.540. The summed E-state index contributed by atoms with van der Waals surface area (Å²) >= 11 is 0. The van der Waals surface area contributed by atoms with Crippen molar-refractivity contribution in [1.29, 1.82) is 0 Å². The maximum absolute atomic E-state index is 10.4. The van der Waals surface area contributed by atoms with Crippen molar-refractivity contribution in [3.05, 3.63) is 0 Å². The lowest BCUT2D eigenvalue weighted by Gasteiger charge is -2.76. The van der Waals surface area contributed by atoms with E-state index in [-0.39, 0.29) is 35.9 Å². The molecule has 3 saturated carbocycles. The summed E-state index contributed by atoms with van der Waals surface area (Å²) in [6.45, 7) is 6.76. The normalized spacial score (nSPS) is 57.1. The van der Waals surface area contributed by atoms with Crippen molar-refractivity contribution in [3.63, 3.8) is 0 Å². The minimum Gasteiger partial charge on any atom is -0.451 e. The van der Waals surface area contributed by atoms with Gasteiger partial charge in [0.1, 0.15) is 6.10 Å². The van der Waals surface area contributed by atoms with Gasteiger partial charge in [-0.25, -0.2) is 14.8 Å². The van der Waals surface area contributed by atoms with Gasteiger partial charge >= 0.3 is 0 Å². The first kappa shape index (κ1) is 16.0. The maximum atomic E-state index is 10.4. The van der Waals surface area contributed by atoms with E-state index in [4.69, 9.17) is 24.0 Å². The summed E-state index contributed by atoms with van der Waals surface area (Å²) in [5, 5.41) is 0. The monoisotopic (exact) mass is 351 g/mol. The molecule has 3 aliphatic carbocycles. The van der Waals surface area contributed by atoms with Crippen LogP contribution in [0.15, 0.2) is 4.99 Å². The topological polar surface area (TPSA) is 75.6 Å². The Hall–Kier alpha value is -1.18. The fourth-order valence-corrected chi connectivity index (χ4v) is 6.63. The second-order valence-corrected chi connectivity index (χ2v) is 8.55. The molecule has 0 aromatic heterocycles. The predicted molar refractivity (Wildman–Crippen MR) is 84.9 cm³/mol. The Bertz CT molecular complexity index is 639. The van der Waals surface area contributed by atoms with Gasteiger partial charge in [0.15, 0.2) is 12.6 Å². The molecular formula is C18H25NO6. The van der Waals surface area contributed by atoms with Crippen molar-refractivity contribution in [3.8, 4) is 0 Å². The standard InChI is InChI=1S/C18H25NO6/c1-10-4-5-18-11(2)13(19-8-21-9-20)22-14-12(18)17(10)7-6-16(3,23-14)25-24-15(17)18/h9-12,14-15H,4-8H2,1-3H3/t10-,11+,12?,14?,15?,16+,17?,18?/m1/s1. The third-order valence-corrected chi connectivity index (χ3v) is 7.81. The molecule has 0 amide bonds. The second-order valence-electron chi connectivity index (χ2n) is 8.55. The van der Waals surface area contributed by atoms with E-state index in [1.807, 2.05) is 6.92 Å². The largest absolute Gasteiger partial charge is 0.451 e. The van der Waals surface area contributed by atoms with Crippen LogP contribution >= 0.6 is 0 Å². The third-order valence-electron chi connectivity index (χ3n) is 7.81. The Morgan fingerprint density at radius 1 is 1.28 bits per heavy atom. The number of carbonyl (C=O) groups is 1. The molecule has 6 fully saturated rings. The van der Waals surface area contributed by atoms with E-state index < -0.39 is 5.79 Å².